The van der Waals surface area contributed by atoms with E-state index in [-0.39, 0.29) is 5.69 Å². The van der Waals surface area contributed by atoms with Crippen molar-refractivity contribution >= 4 is 34.4 Å². The number of nitrogens with one attached hydrogen (secondary N) is 1. The fraction of sp³-hybridized carbons (Fsp3) is 0.154. The average molecular weight is 279 g/mol. The van der Waals surface area contributed by atoms with Crippen molar-refractivity contribution in [3.8, 4) is 0 Å². The van der Waals surface area contributed by atoms with Crippen molar-refractivity contribution in [3.63, 3.8) is 0 Å². The number of carbonyl (C=O) groups is 2. The standard InChI is InChI=1S/C13H11ClN2O3/c1-7(13(18)19)15-12(17)11-6-9(14)8-4-2-3-5-10(8)16-11/h2-7H,1H3,(H,15,17)(H,18,19)/t7-/m0/s1. The molecule has 0 bridgehead atoms. The smallest absolute Gasteiger partial charge is 0.325 e. The predicted octanol–water partition coefficient (Wildman–Crippen LogP) is 2.09. The maximum atomic E-state index is 11.9. The monoisotopic (exact) mass is 278 g/mol. The van der Waals surface area contributed by atoms with E-state index in [0.29, 0.717) is 10.5 Å². The number of carbonyl (C=O) groups excluding carboxylic acids is 1. The number of aromatic nitrogens is 1. The highest BCUT2D eigenvalue weighted by Gasteiger charge is 2.17. The van der Waals surface area contributed by atoms with Gasteiger partial charge in [0.2, 0.25) is 0 Å². The molecule has 1 aromatic heterocycles. The summed E-state index contributed by atoms with van der Waals surface area (Å²) in [7, 11) is 0. The molecule has 0 saturated heterocycles. The Bertz CT molecular complexity index is 657. The Labute approximate surface area is 114 Å². The zero-order valence-electron chi connectivity index (χ0n) is 10.1. The van der Waals surface area contributed by atoms with Crippen molar-refractivity contribution in [2.75, 3.05) is 0 Å². The maximum Gasteiger partial charge on any atom is 0.325 e. The number of carboxylic acids is 1. The summed E-state index contributed by atoms with van der Waals surface area (Å²) in [5.41, 5.74) is 0.680. The van der Waals surface area contributed by atoms with Crippen LogP contribution in [0.25, 0.3) is 10.9 Å². The molecular formula is C13H11ClN2O3. The summed E-state index contributed by atoms with van der Waals surface area (Å²) in [4.78, 5) is 26.7. The molecule has 2 rings (SSSR count). The maximum absolute atomic E-state index is 11.9. The summed E-state index contributed by atoms with van der Waals surface area (Å²) in [5, 5.41) is 12.2. The third kappa shape index (κ3) is 2.82. The van der Waals surface area contributed by atoms with Crippen molar-refractivity contribution in [1.29, 1.82) is 0 Å². The lowest BCUT2D eigenvalue weighted by Crippen LogP contribution is -2.38. The Morgan fingerprint density at radius 3 is 2.74 bits per heavy atom. The van der Waals surface area contributed by atoms with Crippen LogP contribution in [-0.2, 0) is 4.79 Å². The lowest BCUT2D eigenvalue weighted by Gasteiger charge is -2.09. The minimum Gasteiger partial charge on any atom is -0.480 e. The molecule has 0 saturated carbocycles. The lowest BCUT2D eigenvalue weighted by molar-refractivity contribution is -0.138. The topological polar surface area (TPSA) is 79.3 Å². The van der Waals surface area contributed by atoms with Crippen LogP contribution in [0.4, 0.5) is 0 Å². The molecule has 0 fully saturated rings. The van der Waals surface area contributed by atoms with Gasteiger partial charge in [-0.25, -0.2) is 4.98 Å². The number of pyridine rings is 1. The summed E-state index contributed by atoms with van der Waals surface area (Å²) in [5.74, 6) is -1.68. The van der Waals surface area contributed by atoms with Crippen LogP contribution in [0.2, 0.25) is 5.02 Å². The quantitative estimate of drug-likeness (QED) is 0.901. The van der Waals surface area contributed by atoms with Crippen LogP contribution in [0, 0.1) is 0 Å². The number of aliphatic carboxylic acids is 1. The Morgan fingerprint density at radius 2 is 2.05 bits per heavy atom. The molecule has 19 heavy (non-hydrogen) atoms. The van der Waals surface area contributed by atoms with Crippen LogP contribution in [0.15, 0.2) is 30.3 Å². The van der Waals surface area contributed by atoms with E-state index in [4.69, 9.17) is 16.7 Å². The number of para-hydroxylation sites is 1. The van der Waals surface area contributed by atoms with Gasteiger partial charge >= 0.3 is 5.97 Å². The number of benzene rings is 1. The highest BCUT2D eigenvalue weighted by atomic mass is 35.5. The molecule has 0 spiro atoms. The van der Waals surface area contributed by atoms with E-state index < -0.39 is 17.9 Å². The van der Waals surface area contributed by atoms with Crippen molar-refractivity contribution < 1.29 is 14.7 Å². The predicted molar refractivity (Wildman–Crippen MR) is 71.3 cm³/mol. The largest absolute Gasteiger partial charge is 0.480 e. The highest BCUT2D eigenvalue weighted by molar-refractivity contribution is 6.35. The minimum atomic E-state index is -1.11. The molecule has 5 nitrogen and oxygen atoms in total. The Morgan fingerprint density at radius 1 is 1.37 bits per heavy atom. The van der Waals surface area contributed by atoms with Gasteiger partial charge < -0.3 is 10.4 Å². The second-order valence-corrected chi connectivity index (χ2v) is 4.45. The summed E-state index contributed by atoms with van der Waals surface area (Å²) < 4.78 is 0. The van der Waals surface area contributed by atoms with Gasteiger partial charge in [0, 0.05) is 5.39 Å². The molecule has 1 amide bonds. The van der Waals surface area contributed by atoms with Gasteiger partial charge in [0.15, 0.2) is 0 Å². The lowest BCUT2D eigenvalue weighted by atomic mass is 10.2. The van der Waals surface area contributed by atoms with Gasteiger partial charge in [0.05, 0.1) is 10.5 Å². The third-order valence-corrected chi connectivity index (χ3v) is 2.93. The first-order valence-electron chi connectivity index (χ1n) is 5.58. The molecule has 0 unspecified atom stereocenters. The number of hydrogen-bond donors (Lipinski definition) is 2. The molecule has 0 aliphatic rings. The number of nitrogens with zero attached hydrogens (tertiary/aromatic N) is 1. The molecule has 0 radical (unpaired) electrons. The van der Waals surface area contributed by atoms with Crippen LogP contribution < -0.4 is 5.32 Å². The van der Waals surface area contributed by atoms with E-state index in [2.05, 4.69) is 10.3 Å². The van der Waals surface area contributed by atoms with E-state index in [1.165, 1.54) is 13.0 Å². The van der Waals surface area contributed by atoms with E-state index in [1.807, 2.05) is 6.07 Å². The van der Waals surface area contributed by atoms with Gasteiger partial charge in [0.1, 0.15) is 11.7 Å². The molecule has 0 aliphatic carbocycles. The van der Waals surface area contributed by atoms with Crippen molar-refractivity contribution in [2.24, 2.45) is 0 Å². The fourth-order valence-corrected chi connectivity index (χ4v) is 1.84. The van der Waals surface area contributed by atoms with Gasteiger partial charge in [-0.3, -0.25) is 9.59 Å². The van der Waals surface area contributed by atoms with Crippen LogP contribution in [-0.4, -0.2) is 28.0 Å². The zero-order valence-corrected chi connectivity index (χ0v) is 10.8. The Hall–Kier alpha value is -2.14. The molecule has 2 N–H and O–H groups in total. The van der Waals surface area contributed by atoms with E-state index >= 15 is 0 Å². The normalized spacial score (nSPS) is 12.1. The van der Waals surface area contributed by atoms with Crippen LogP contribution in [0.3, 0.4) is 0 Å². The molecule has 0 aliphatic heterocycles. The third-order valence-electron chi connectivity index (χ3n) is 2.62. The van der Waals surface area contributed by atoms with E-state index in [1.54, 1.807) is 18.2 Å². The summed E-state index contributed by atoms with van der Waals surface area (Å²) in [6.07, 6.45) is 0. The van der Waals surface area contributed by atoms with Crippen LogP contribution >= 0.6 is 11.6 Å². The number of amides is 1. The first-order chi connectivity index (χ1) is 8.99. The molecule has 6 heteroatoms. The number of carboxylic acid groups (broad SMARTS) is 1. The summed E-state index contributed by atoms with van der Waals surface area (Å²) in [6.45, 7) is 1.38. The van der Waals surface area contributed by atoms with Crippen molar-refractivity contribution in [3.05, 3.63) is 41.0 Å². The van der Waals surface area contributed by atoms with Crippen molar-refractivity contribution in [1.82, 2.24) is 10.3 Å². The molecule has 2 aromatic rings. The molecule has 98 valence electrons. The number of fused-ring (bicyclic) bond motifs is 1. The minimum absolute atomic E-state index is 0.0943. The van der Waals surface area contributed by atoms with Gasteiger partial charge in [-0.1, -0.05) is 29.8 Å². The molecule has 1 atom stereocenters. The number of rotatable bonds is 3. The Kier molecular flexibility index (Phi) is 3.66. The summed E-state index contributed by atoms with van der Waals surface area (Å²) >= 11 is 6.07. The van der Waals surface area contributed by atoms with Crippen molar-refractivity contribution in [2.45, 2.75) is 13.0 Å². The fourth-order valence-electron chi connectivity index (χ4n) is 1.58. The highest BCUT2D eigenvalue weighted by Crippen LogP contribution is 2.22. The van der Waals surface area contributed by atoms with Gasteiger partial charge in [-0.15, -0.1) is 0 Å². The van der Waals surface area contributed by atoms with Gasteiger partial charge in [-0.2, -0.15) is 0 Å². The number of halogens is 1. The first-order valence-corrected chi connectivity index (χ1v) is 5.96. The zero-order chi connectivity index (χ0) is 14.0. The molecule has 1 aromatic carbocycles. The molecule has 1 heterocycles. The summed E-state index contributed by atoms with van der Waals surface area (Å²) in [6, 6.07) is 7.58. The second kappa shape index (κ2) is 5.24. The molecular weight excluding hydrogens is 268 g/mol. The second-order valence-electron chi connectivity index (χ2n) is 4.04. The SMILES string of the molecule is C[C@H](NC(=O)c1cc(Cl)c2ccccc2n1)C(=O)O. The number of hydrogen-bond acceptors (Lipinski definition) is 3. The first kappa shape index (κ1) is 13.3. The van der Waals surface area contributed by atoms with E-state index in [9.17, 15) is 9.59 Å². The van der Waals surface area contributed by atoms with Gasteiger partial charge in [-0.05, 0) is 19.1 Å². The van der Waals surface area contributed by atoms with Crippen LogP contribution in [0.1, 0.15) is 17.4 Å². The van der Waals surface area contributed by atoms with Gasteiger partial charge in [0.25, 0.3) is 5.91 Å². The Balaban J connectivity index is 2.35. The average Bonchev–Trinajstić information content (AvgIpc) is 2.38. The van der Waals surface area contributed by atoms with E-state index in [0.717, 1.165) is 5.39 Å². The van der Waals surface area contributed by atoms with Crippen LogP contribution in [0.5, 0.6) is 0 Å².